The van der Waals surface area contributed by atoms with Gasteiger partial charge in [0.15, 0.2) is 0 Å². The summed E-state index contributed by atoms with van der Waals surface area (Å²) in [5, 5.41) is 0. The molecule has 1 aliphatic rings. The summed E-state index contributed by atoms with van der Waals surface area (Å²) in [4.78, 5) is 0. The van der Waals surface area contributed by atoms with Crippen molar-refractivity contribution in [3.8, 4) is 5.75 Å². The van der Waals surface area contributed by atoms with E-state index in [0.717, 1.165) is 18.9 Å². The second kappa shape index (κ2) is 5.22. The molecule has 0 aliphatic heterocycles. The molecule has 0 radical (unpaired) electrons. The minimum absolute atomic E-state index is 0.0879. The highest BCUT2D eigenvalue weighted by molar-refractivity contribution is 5.24. The molecule has 1 aromatic carbocycles. The summed E-state index contributed by atoms with van der Waals surface area (Å²) in [6, 6.07) is 3.13. The summed E-state index contributed by atoms with van der Waals surface area (Å²) < 4.78 is 31.9. The van der Waals surface area contributed by atoms with E-state index < -0.39 is 11.6 Å². The highest BCUT2D eigenvalue weighted by Crippen LogP contribution is 2.31. The van der Waals surface area contributed by atoms with Gasteiger partial charge in [0.25, 0.3) is 0 Å². The minimum atomic E-state index is -0.629. The fraction of sp³-hybridized carbons (Fsp3) is 0.571. The highest BCUT2D eigenvalue weighted by Gasteiger charge is 2.33. The molecule has 2 N–H and O–H groups in total. The number of hydrogen-bond donors (Lipinski definition) is 1. The molecular weight excluding hydrogens is 236 g/mol. The zero-order valence-electron chi connectivity index (χ0n) is 10.7. The third-order valence-corrected chi connectivity index (χ3v) is 3.54. The van der Waals surface area contributed by atoms with Gasteiger partial charge < -0.3 is 10.5 Å². The van der Waals surface area contributed by atoms with Crippen molar-refractivity contribution >= 4 is 0 Å². The lowest BCUT2D eigenvalue weighted by atomic mass is 9.78. The van der Waals surface area contributed by atoms with Crippen LogP contribution in [0.1, 0.15) is 26.7 Å². The predicted molar refractivity (Wildman–Crippen MR) is 66.3 cm³/mol. The van der Waals surface area contributed by atoms with Gasteiger partial charge >= 0.3 is 0 Å². The van der Waals surface area contributed by atoms with Gasteiger partial charge in [0, 0.05) is 24.2 Å². The Hall–Kier alpha value is -1.16. The van der Waals surface area contributed by atoms with Crippen molar-refractivity contribution < 1.29 is 13.5 Å². The first-order valence-electron chi connectivity index (χ1n) is 6.34. The zero-order valence-corrected chi connectivity index (χ0v) is 10.7. The van der Waals surface area contributed by atoms with Crippen LogP contribution in [0.25, 0.3) is 0 Å². The first-order valence-corrected chi connectivity index (χ1v) is 6.34. The first kappa shape index (κ1) is 13.3. The van der Waals surface area contributed by atoms with E-state index in [0.29, 0.717) is 5.92 Å². The molecule has 0 bridgehead atoms. The van der Waals surface area contributed by atoms with Gasteiger partial charge in [0.05, 0.1) is 0 Å². The molecule has 0 heterocycles. The molecule has 1 aliphatic carbocycles. The van der Waals surface area contributed by atoms with Gasteiger partial charge in [-0.05, 0) is 24.7 Å². The molecule has 0 aromatic heterocycles. The Labute approximate surface area is 106 Å². The van der Waals surface area contributed by atoms with Crippen molar-refractivity contribution in [2.45, 2.75) is 38.8 Å². The van der Waals surface area contributed by atoms with Crippen LogP contribution in [-0.4, -0.2) is 12.1 Å². The lowest BCUT2D eigenvalue weighted by Gasteiger charge is -2.37. The van der Waals surface area contributed by atoms with E-state index in [9.17, 15) is 8.78 Å². The maximum atomic E-state index is 13.1. The molecule has 1 saturated carbocycles. The van der Waals surface area contributed by atoms with Crippen LogP contribution in [0.3, 0.4) is 0 Å². The Morgan fingerprint density at radius 1 is 1.11 bits per heavy atom. The van der Waals surface area contributed by atoms with Crippen LogP contribution in [0.5, 0.6) is 5.75 Å². The molecule has 2 rings (SSSR count). The molecule has 0 spiro atoms. The molecule has 1 aromatic rings. The standard InChI is InChI=1S/C14H19F2NO/c1-8-3-9(2)14(13(17)4-8)18-12-6-10(15)5-11(16)7-12/h5-9,13-14H,3-4,17H2,1-2H3. The average molecular weight is 255 g/mol. The van der Waals surface area contributed by atoms with Crippen LogP contribution in [0.4, 0.5) is 8.78 Å². The smallest absolute Gasteiger partial charge is 0.129 e. The summed E-state index contributed by atoms with van der Waals surface area (Å²) >= 11 is 0. The van der Waals surface area contributed by atoms with E-state index in [4.69, 9.17) is 10.5 Å². The number of hydrogen-bond acceptors (Lipinski definition) is 2. The third-order valence-electron chi connectivity index (χ3n) is 3.54. The summed E-state index contributed by atoms with van der Waals surface area (Å²) in [6.07, 6.45) is 1.73. The summed E-state index contributed by atoms with van der Waals surface area (Å²) in [5.41, 5.74) is 6.07. The molecule has 4 unspecified atom stereocenters. The van der Waals surface area contributed by atoms with Crippen molar-refractivity contribution in [1.82, 2.24) is 0 Å². The van der Waals surface area contributed by atoms with E-state index in [2.05, 4.69) is 13.8 Å². The minimum Gasteiger partial charge on any atom is -0.488 e. The summed E-state index contributed by atoms with van der Waals surface area (Å²) in [5.74, 6) is -0.186. The quantitative estimate of drug-likeness (QED) is 0.881. The molecule has 4 heteroatoms. The van der Waals surface area contributed by atoms with Crippen LogP contribution in [0.15, 0.2) is 18.2 Å². The Kier molecular flexibility index (Phi) is 3.85. The second-order valence-corrected chi connectivity index (χ2v) is 5.41. The van der Waals surface area contributed by atoms with Gasteiger partial charge in [-0.3, -0.25) is 0 Å². The van der Waals surface area contributed by atoms with Crippen LogP contribution in [0, 0.1) is 23.5 Å². The SMILES string of the molecule is CC1CC(C)C(Oc2cc(F)cc(F)c2)C(N)C1. The second-order valence-electron chi connectivity index (χ2n) is 5.41. The average Bonchev–Trinajstić information content (AvgIpc) is 2.22. The van der Waals surface area contributed by atoms with Gasteiger partial charge in [-0.15, -0.1) is 0 Å². The van der Waals surface area contributed by atoms with E-state index in [1.807, 2.05) is 0 Å². The highest BCUT2D eigenvalue weighted by atomic mass is 19.1. The fourth-order valence-electron chi connectivity index (χ4n) is 2.84. The molecule has 0 saturated heterocycles. The fourth-order valence-corrected chi connectivity index (χ4v) is 2.84. The molecule has 0 amide bonds. The van der Waals surface area contributed by atoms with Gasteiger partial charge in [-0.25, -0.2) is 8.78 Å². The van der Waals surface area contributed by atoms with E-state index in [1.54, 1.807) is 0 Å². The van der Waals surface area contributed by atoms with Crippen molar-refractivity contribution in [3.05, 3.63) is 29.8 Å². The number of ether oxygens (including phenoxy) is 1. The number of benzene rings is 1. The van der Waals surface area contributed by atoms with Crippen LogP contribution in [-0.2, 0) is 0 Å². The van der Waals surface area contributed by atoms with E-state index >= 15 is 0 Å². The normalized spacial score (nSPS) is 32.3. The monoisotopic (exact) mass is 255 g/mol. The van der Waals surface area contributed by atoms with Crippen LogP contribution < -0.4 is 10.5 Å². The van der Waals surface area contributed by atoms with Gasteiger partial charge in [0.1, 0.15) is 23.5 Å². The molecule has 2 nitrogen and oxygen atoms in total. The molecular formula is C14H19F2NO. The summed E-state index contributed by atoms with van der Waals surface area (Å²) in [7, 11) is 0. The van der Waals surface area contributed by atoms with Crippen molar-refractivity contribution in [3.63, 3.8) is 0 Å². The topological polar surface area (TPSA) is 35.2 Å². The molecule has 1 fully saturated rings. The predicted octanol–water partition coefficient (Wildman–Crippen LogP) is 3.11. The van der Waals surface area contributed by atoms with Crippen LogP contribution >= 0.6 is 0 Å². The largest absolute Gasteiger partial charge is 0.488 e. The maximum absolute atomic E-state index is 13.1. The number of nitrogens with two attached hydrogens (primary N) is 1. The third kappa shape index (κ3) is 2.99. The zero-order chi connectivity index (χ0) is 13.3. The van der Waals surface area contributed by atoms with Crippen LogP contribution in [0.2, 0.25) is 0 Å². The van der Waals surface area contributed by atoms with Gasteiger partial charge in [0.2, 0.25) is 0 Å². The van der Waals surface area contributed by atoms with E-state index in [-0.39, 0.29) is 23.8 Å². The lowest BCUT2D eigenvalue weighted by molar-refractivity contribution is 0.0621. The number of rotatable bonds is 2. The Bertz CT molecular complexity index is 392. The number of halogens is 2. The molecule has 100 valence electrons. The van der Waals surface area contributed by atoms with Crippen molar-refractivity contribution in [1.29, 1.82) is 0 Å². The first-order chi connectivity index (χ1) is 8.45. The van der Waals surface area contributed by atoms with Crippen molar-refractivity contribution in [2.75, 3.05) is 0 Å². The maximum Gasteiger partial charge on any atom is 0.129 e. The molecule has 18 heavy (non-hydrogen) atoms. The van der Waals surface area contributed by atoms with E-state index in [1.165, 1.54) is 12.1 Å². The van der Waals surface area contributed by atoms with Crippen molar-refractivity contribution in [2.24, 2.45) is 17.6 Å². The Morgan fingerprint density at radius 3 is 2.28 bits per heavy atom. The lowest BCUT2D eigenvalue weighted by Crippen LogP contribution is -2.48. The molecule has 4 atom stereocenters. The van der Waals surface area contributed by atoms with Gasteiger partial charge in [-0.1, -0.05) is 13.8 Å². The van der Waals surface area contributed by atoms with Gasteiger partial charge in [-0.2, -0.15) is 0 Å². The summed E-state index contributed by atoms with van der Waals surface area (Å²) in [6.45, 7) is 4.23. The Balaban J connectivity index is 2.12. The Morgan fingerprint density at radius 2 is 1.72 bits per heavy atom.